The largest absolute Gasteiger partial charge is 0.480 e. The Kier molecular flexibility index (Phi) is 9.22. The maximum atomic E-state index is 12.8. The highest BCUT2D eigenvalue weighted by atomic mass is 16.4. The number of imidazole rings is 1. The number of aromatic amines is 1. The van der Waals surface area contributed by atoms with E-state index in [1.165, 1.54) is 19.4 Å². The van der Waals surface area contributed by atoms with Crippen LogP contribution in [0.1, 0.15) is 26.5 Å². The molecule has 0 spiro atoms. The number of carboxylic acid groups (broad SMARTS) is 1. The Morgan fingerprint density at radius 2 is 1.79 bits per heavy atom. The summed E-state index contributed by atoms with van der Waals surface area (Å²) in [4.78, 5) is 54.6. The first-order chi connectivity index (χ1) is 13.5. The summed E-state index contributed by atoms with van der Waals surface area (Å²) in [5, 5.41) is 25.4. The van der Waals surface area contributed by atoms with Gasteiger partial charge in [-0.3, -0.25) is 19.2 Å². The number of carbonyl (C=O) groups is 4. The maximum absolute atomic E-state index is 12.8. The van der Waals surface area contributed by atoms with Gasteiger partial charge >= 0.3 is 5.97 Å². The van der Waals surface area contributed by atoms with Gasteiger partial charge in [0.25, 0.3) is 0 Å². The Bertz CT molecular complexity index is 705. The predicted octanol–water partition coefficient (Wildman–Crippen LogP) is -2.51. The van der Waals surface area contributed by atoms with Gasteiger partial charge in [0, 0.05) is 18.3 Å². The van der Waals surface area contributed by atoms with Crippen molar-refractivity contribution in [3.8, 4) is 0 Å². The molecule has 1 aromatic rings. The third kappa shape index (κ3) is 7.87. The van der Waals surface area contributed by atoms with E-state index in [0.717, 1.165) is 0 Å². The zero-order valence-electron chi connectivity index (χ0n) is 16.5. The minimum atomic E-state index is -1.24. The summed E-state index contributed by atoms with van der Waals surface area (Å²) in [6.45, 7) is 4.11. The highest BCUT2D eigenvalue weighted by Gasteiger charge is 2.31. The van der Waals surface area contributed by atoms with Gasteiger partial charge in [-0.15, -0.1) is 0 Å². The molecule has 0 aliphatic heterocycles. The molecule has 162 valence electrons. The Morgan fingerprint density at radius 3 is 2.28 bits per heavy atom. The molecule has 4 unspecified atom stereocenters. The number of hydrogen-bond acceptors (Lipinski definition) is 7. The number of hydrogen-bond donors (Lipinski definition) is 7. The van der Waals surface area contributed by atoms with Crippen LogP contribution in [0.3, 0.4) is 0 Å². The van der Waals surface area contributed by atoms with Crippen LogP contribution in [0.25, 0.3) is 0 Å². The number of aliphatic carboxylic acids is 1. The van der Waals surface area contributed by atoms with Crippen molar-refractivity contribution in [3.63, 3.8) is 0 Å². The van der Waals surface area contributed by atoms with Gasteiger partial charge in [0.15, 0.2) is 0 Å². The summed E-state index contributed by atoms with van der Waals surface area (Å²) < 4.78 is 0. The molecule has 4 atom stereocenters. The molecule has 12 nitrogen and oxygen atoms in total. The molecule has 0 fully saturated rings. The lowest BCUT2D eigenvalue weighted by molar-refractivity contribution is -0.139. The van der Waals surface area contributed by atoms with Crippen molar-refractivity contribution >= 4 is 23.7 Å². The fourth-order valence-electron chi connectivity index (χ4n) is 2.37. The number of rotatable bonds is 11. The fraction of sp³-hybridized carbons (Fsp3) is 0.588. The molecule has 0 bridgehead atoms. The molecule has 0 aliphatic carbocycles. The topological polar surface area (TPSA) is 200 Å². The van der Waals surface area contributed by atoms with Crippen LogP contribution in [0.2, 0.25) is 0 Å². The second kappa shape index (κ2) is 11.1. The number of nitrogens with one attached hydrogen (secondary N) is 4. The molecule has 0 saturated carbocycles. The first kappa shape index (κ1) is 24.0. The number of H-pyrrole nitrogens is 1. The average Bonchev–Trinajstić information content (AvgIpc) is 3.15. The van der Waals surface area contributed by atoms with E-state index in [2.05, 4.69) is 25.9 Å². The second-order valence-corrected chi connectivity index (χ2v) is 6.95. The molecule has 1 heterocycles. The Hall–Kier alpha value is -2.99. The van der Waals surface area contributed by atoms with E-state index in [4.69, 9.17) is 10.8 Å². The highest BCUT2D eigenvalue weighted by Crippen LogP contribution is 2.05. The summed E-state index contributed by atoms with van der Waals surface area (Å²) in [7, 11) is 0. The third-order valence-electron chi connectivity index (χ3n) is 4.10. The summed E-state index contributed by atoms with van der Waals surface area (Å²) in [5.74, 6) is -3.64. The number of aliphatic hydroxyl groups excluding tert-OH is 1. The van der Waals surface area contributed by atoms with E-state index >= 15 is 0 Å². The molecule has 0 radical (unpaired) electrons. The van der Waals surface area contributed by atoms with Crippen LogP contribution in [-0.4, -0.2) is 74.6 Å². The van der Waals surface area contributed by atoms with E-state index in [9.17, 15) is 24.3 Å². The molecule has 3 amide bonds. The monoisotopic (exact) mass is 412 g/mol. The van der Waals surface area contributed by atoms with Crippen molar-refractivity contribution in [2.45, 2.75) is 51.4 Å². The lowest BCUT2D eigenvalue weighted by atomic mass is 10.0. The smallest absolute Gasteiger partial charge is 0.322 e. The van der Waals surface area contributed by atoms with Crippen LogP contribution < -0.4 is 21.7 Å². The average molecular weight is 412 g/mol. The Labute approximate surface area is 167 Å². The molecular formula is C17H28N6O6. The molecule has 0 aliphatic rings. The van der Waals surface area contributed by atoms with Gasteiger partial charge in [0.05, 0.1) is 12.4 Å². The number of amides is 3. The molecule has 1 aromatic heterocycles. The number of aromatic nitrogens is 2. The van der Waals surface area contributed by atoms with Crippen LogP contribution in [-0.2, 0) is 25.6 Å². The summed E-state index contributed by atoms with van der Waals surface area (Å²) in [6, 6.07) is -3.37. The summed E-state index contributed by atoms with van der Waals surface area (Å²) >= 11 is 0. The molecule has 8 N–H and O–H groups in total. The number of carbonyl (C=O) groups excluding carboxylic acids is 3. The first-order valence-corrected chi connectivity index (χ1v) is 9.04. The molecule has 1 rings (SSSR count). The third-order valence-corrected chi connectivity index (χ3v) is 4.10. The molecule has 0 aromatic carbocycles. The summed E-state index contributed by atoms with van der Waals surface area (Å²) in [6.07, 6.45) is 1.78. The minimum Gasteiger partial charge on any atom is -0.480 e. The van der Waals surface area contributed by atoms with E-state index in [1.807, 2.05) is 0 Å². The van der Waals surface area contributed by atoms with Crippen LogP contribution in [0.5, 0.6) is 0 Å². The van der Waals surface area contributed by atoms with Gasteiger partial charge in [-0.25, -0.2) is 4.98 Å². The van der Waals surface area contributed by atoms with Gasteiger partial charge in [-0.1, -0.05) is 13.8 Å². The van der Waals surface area contributed by atoms with E-state index in [0.29, 0.717) is 5.69 Å². The fourth-order valence-corrected chi connectivity index (χ4v) is 2.37. The van der Waals surface area contributed by atoms with E-state index in [-0.39, 0.29) is 12.3 Å². The number of nitrogens with zero attached hydrogens (tertiary/aromatic N) is 1. The Balaban J connectivity index is 2.93. The van der Waals surface area contributed by atoms with Crippen LogP contribution in [0.4, 0.5) is 0 Å². The van der Waals surface area contributed by atoms with Crippen molar-refractivity contribution < 1.29 is 29.4 Å². The lowest BCUT2D eigenvalue weighted by Gasteiger charge is -2.26. The quantitative estimate of drug-likeness (QED) is 0.206. The molecule has 12 heteroatoms. The summed E-state index contributed by atoms with van der Waals surface area (Å²) in [5.41, 5.74) is 6.16. The van der Waals surface area contributed by atoms with Crippen LogP contribution in [0, 0.1) is 5.92 Å². The van der Waals surface area contributed by atoms with Gasteiger partial charge in [-0.2, -0.15) is 0 Å². The second-order valence-electron chi connectivity index (χ2n) is 6.95. The Morgan fingerprint density at radius 1 is 1.14 bits per heavy atom. The van der Waals surface area contributed by atoms with Gasteiger partial charge < -0.3 is 36.9 Å². The molecular weight excluding hydrogens is 384 g/mol. The lowest BCUT2D eigenvalue weighted by Crippen LogP contribution is -2.58. The molecule has 29 heavy (non-hydrogen) atoms. The van der Waals surface area contributed by atoms with Gasteiger partial charge in [0.2, 0.25) is 17.7 Å². The zero-order chi connectivity index (χ0) is 22.1. The van der Waals surface area contributed by atoms with Crippen LogP contribution in [0.15, 0.2) is 12.5 Å². The number of nitrogens with two attached hydrogens (primary N) is 1. The highest BCUT2D eigenvalue weighted by molar-refractivity contribution is 5.94. The maximum Gasteiger partial charge on any atom is 0.322 e. The van der Waals surface area contributed by atoms with Gasteiger partial charge in [0.1, 0.15) is 24.7 Å². The van der Waals surface area contributed by atoms with Crippen LogP contribution >= 0.6 is 0 Å². The van der Waals surface area contributed by atoms with E-state index < -0.39 is 54.5 Å². The van der Waals surface area contributed by atoms with Crippen molar-refractivity contribution in [1.29, 1.82) is 0 Å². The number of carboxylic acids is 1. The number of aliphatic hydroxyl groups is 1. The predicted molar refractivity (Wildman–Crippen MR) is 101 cm³/mol. The van der Waals surface area contributed by atoms with Crippen molar-refractivity contribution in [3.05, 3.63) is 18.2 Å². The first-order valence-electron chi connectivity index (χ1n) is 9.04. The van der Waals surface area contributed by atoms with Crippen molar-refractivity contribution in [2.24, 2.45) is 11.7 Å². The molecule has 0 saturated heterocycles. The zero-order valence-corrected chi connectivity index (χ0v) is 16.5. The van der Waals surface area contributed by atoms with E-state index in [1.54, 1.807) is 13.8 Å². The normalized spacial score (nSPS) is 15.1. The standard InChI is InChI=1S/C17H28N6O6/c1-8(2)14(17(29)20-6-12(25)26)23-15(27)11(4-10-5-19-7-21-10)22-16(28)13(18)9(3)24/h5,7-9,11,13-14,24H,4,6,18H2,1-3H3,(H,19,21)(H,20,29)(H,22,28)(H,23,27)(H,25,26). The van der Waals surface area contributed by atoms with Gasteiger partial charge in [-0.05, 0) is 12.8 Å². The van der Waals surface area contributed by atoms with Crippen molar-refractivity contribution in [1.82, 2.24) is 25.9 Å². The SMILES string of the molecule is CC(C)C(NC(=O)C(Cc1cnc[nH]1)NC(=O)C(N)C(C)O)C(=O)NCC(=O)O. The minimum absolute atomic E-state index is 0.0334. The van der Waals surface area contributed by atoms with Crippen molar-refractivity contribution in [2.75, 3.05) is 6.54 Å².